The summed E-state index contributed by atoms with van der Waals surface area (Å²) in [6.07, 6.45) is 2.39. The van der Waals surface area contributed by atoms with Crippen molar-refractivity contribution < 1.29 is 0 Å². The lowest BCUT2D eigenvalue weighted by Gasteiger charge is -2.24. The topological polar surface area (TPSA) is 29.3 Å². The van der Waals surface area contributed by atoms with Crippen molar-refractivity contribution in [2.24, 2.45) is 5.73 Å². The van der Waals surface area contributed by atoms with E-state index >= 15 is 0 Å². The summed E-state index contributed by atoms with van der Waals surface area (Å²) in [5, 5.41) is 0.732. The largest absolute Gasteiger partial charge is 0.389 e. The molecule has 1 rings (SSSR count). The molecule has 100 valence electrons. The zero-order valence-corrected chi connectivity index (χ0v) is 12.8. The summed E-state index contributed by atoms with van der Waals surface area (Å²) in [6.45, 7) is 5.28. The van der Waals surface area contributed by atoms with Crippen molar-refractivity contribution in [3.8, 4) is 0 Å². The molecule has 0 heterocycles. The monoisotopic (exact) mass is 284 g/mol. The molecule has 18 heavy (non-hydrogen) atoms. The van der Waals surface area contributed by atoms with Gasteiger partial charge < -0.3 is 5.73 Å². The maximum Gasteiger partial charge on any atom is 0.104 e. The zero-order chi connectivity index (χ0) is 13.7. The minimum atomic E-state index is 0.385. The Balaban J connectivity index is 2.76. The summed E-state index contributed by atoms with van der Waals surface area (Å²) in [5.41, 5.74) is 7.52. The van der Waals surface area contributed by atoms with Crippen LogP contribution in [0.15, 0.2) is 18.2 Å². The van der Waals surface area contributed by atoms with Crippen LogP contribution in [0.1, 0.15) is 37.8 Å². The lowest BCUT2D eigenvalue weighted by molar-refractivity contribution is 0.237. The summed E-state index contributed by atoms with van der Waals surface area (Å²) in [6, 6.07) is 6.34. The van der Waals surface area contributed by atoms with Gasteiger partial charge in [-0.15, -0.1) is 0 Å². The van der Waals surface area contributed by atoms with Crippen LogP contribution in [0, 0.1) is 0 Å². The molecule has 0 fully saturated rings. The third kappa shape index (κ3) is 4.23. The van der Waals surface area contributed by atoms with Gasteiger partial charge in [-0.1, -0.05) is 49.3 Å². The Morgan fingerprint density at radius 3 is 2.67 bits per heavy atom. The highest BCUT2D eigenvalue weighted by Gasteiger charge is 2.11. The molecule has 1 unspecified atom stereocenters. The Bertz CT molecular complexity index is 420. The Morgan fingerprint density at radius 2 is 2.17 bits per heavy atom. The van der Waals surface area contributed by atoms with E-state index in [0.717, 1.165) is 22.7 Å². The first-order valence-electron chi connectivity index (χ1n) is 6.24. The van der Waals surface area contributed by atoms with Crippen LogP contribution in [0.5, 0.6) is 0 Å². The molecule has 0 saturated heterocycles. The zero-order valence-electron chi connectivity index (χ0n) is 11.2. The molecular formula is C14H21ClN2S. The maximum absolute atomic E-state index is 6.26. The van der Waals surface area contributed by atoms with E-state index in [0.29, 0.717) is 11.0 Å². The quantitative estimate of drug-likeness (QED) is 0.810. The van der Waals surface area contributed by atoms with Crippen LogP contribution in [0.25, 0.3) is 0 Å². The number of rotatable bonds is 6. The van der Waals surface area contributed by atoms with Gasteiger partial charge in [0, 0.05) is 23.2 Å². The van der Waals surface area contributed by atoms with E-state index in [4.69, 9.17) is 29.6 Å². The molecule has 1 aromatic rings. The maximum atomic E-state index is 6.26. The summed E-state index contributed by atoms with van der Waals surface area (Å²) in [5.74, 6) is 0. The first-order chi connectivity index (χ1) is 8.45. The normalized spacial score (nSPS) is 12.7. The Kier molecular flexibility index (Phi) is 6.06. The minimum Gasteiger partial charge on any atom is -0.389 e. The highest BCUT2D eigenvalue weighted by Crippen LogP contribution is 2.20. The van der Waals surface area contributed by atoms with Crippen LogP contribution in [0.4, 0.5) is 0 Å². The van der Waals surface area contributed by atoms with Gasteiger partial charge in [0.2, 0.25) is 0 Å². The molecule has 0 amide bonds. The highest BCUT2D eigenvalue weighted by molar-refractivity contribution is 7.80. The van der Waals surface area contributed by atoms with Crippen molar-refractivity contribution in [3.05, 3.63) is 34.3 Å². The predicted octanol–water partition coefficient (Wildman–Crippen LogP) is 3.59. The van der Waals surface area contributed by atoms with E-state index in [1.165, 1.54) is 12.8 Å². The Hall–Kier alpha value is -0.640. The first-order valence-corrected chi connectivity index (χ1v) is 7.02. The second-order valence-corrected chi connectivity index (χ2v) is 5.57. The van der Waals surface area contributed by atoms with Crippen molar-refractivity contribution in [2.45, 2.75) is 39.3 Å². The number of hydrogen-bond acceptors (Lipinski definition) is 2. The second-order valence-electron chi connectivity index (χ2n) is 4.72. The molecule has 0 saturated carbocycles. The standard InChI is InChI=1S/C14H21ClN2S/c1-4-5-10(2)17(3)9-12-7-6-11(14(16)18)8-13(12)15/h6-8,10H,4-5,9H2,1-3H3,(H2,16,18). The summed E-state index contributed by atoms with van der Waals surface area (Å²) < 4.78 is 0. The molecule has 0 aliphatic heterocycles. The molecule has 0 bridgehead atoms. The third-order valence-electron chi connectivity index (χ3n) is 3.22. The van der Waals surface area contributed by atoms with E-state index in [1.54, 1.807) is 0 Å². The molecule has 2 N–H and O–H groups in total. The molecule has 0 radical (unpaired) electrons. The summed E-state index contributed by atoms with van der Waals surface area (Å²) in [4.78, 5) is 2.70. The molecule has 2 nitrogen and oxygen atoms in total. The van der Waals surface area contributed by atoms with Gasteiger partial charge in [0.25, 0.3) is 0 Å². The molecule has 0 aliphatic carbocycles. The molecule has 4 heteroatoms. The van der Waals surface area contributed by atoms with Gasteiger partial charge in [-0.3, -0.25) is 4.90 Å². The average molecular weight is 285 g/mol. The van der Waals surface area contributed by atoms with Crippen molar-refractivity contribution in [1.29, 1.82) is 0 Å². The molecular weight excluding hydrogens is 264 g/mol. The van der Waals surface area contributed by atoms with Crippen LogP contribution >= 0.6 is 23.8 Å². The molecule has 1 aromatic carbocycles. The molecule has 0 aliphatic rings. The van der Waals surface area contributed by atoms with E-state index in [-0.39, 0.29) is 0 Å². The number of halogens is 1. The summed E-state index contributed by atoms with van der Waals surface area (Å²) >= 11 is 11.2. The summed E-state index contributed by atoms with van der Waals surface area (Å²) in [7, 11) is 2.12. The van der Waals surface area contributed by atoms with Crippen LogP contribution in [-0.2, 0) is 6.54 Å². The fourth-order valence-corrected chi connectivity index (χ4v) is 2.26. The predicted molar refractivity (Wildman–Crippen MR) is 83.2 cm³/mol. The van der Waals surface area contributed by atoms with Gasteiger partial charge in [-0.2, -0.15) is 0 Å². The second kappa shape index (κ2) is 7.07. The fraction of sp³-hybridized carbons (Fsp3) is 0.500. The number of nitrogens with two attached hydrogens (primary N) is 1. The smallest absolute Gasteiger partial charge is 0.104 e. The SMILES string of the molecule is CCCC(C)N(C)Cc1ccc(C(N)=S)cc1Cl. The van der Waals surface area contributed by atoms with Crippen LogP contribution in [-0.4, -0.2) is 23.0 Å². The fourth-order valence-electron chi connectivity index (χ4n) is 1.89. The van der Waals surface area contributed by atoms with Crippen molar-refractivity contribution in [2.75, 3.05) is 7.05 Å². The van der Waals surface area contributed by atoms with E-state index in [1.807, 2.05) is 18.2 Å². The number of hydrogen-bond donors (Lipinski definition) is 1. The number of thiocarbonyl (C=S) groups is 1. The van der Waals surface area contributed by atoms with E-state index in [2.05, 4.69) is 25.8 Å². The van der Waals surface area contributed by atoms with Gasteiger partial charge in [0.05, 0.1) is 0 Å². The lowest BCUT2D eigenvalue weighted by Crippen LogP contribution is -2.28. The number of nitrogens with zero attached hydrogens (tertiary/aromatic N) is 1. The van der Waals surface area contributed by atoms with Gasteiger partial charge in [0.1, 0.15) is 4.99 Å². The average Bonchev–Trinajstić information content (AvgIpc) is 2.31. The van der Waals surface area contributed by atoms with E-state index in [9.17, 15) is 0 Å². The van der Waals surface area contributed by atoms with Gasteiger partial charge >= 0.3 is 0 Å². The number of benzene rings is 1. The van der Waals surface area contributed by atoms with Crippen molar-refractivity contribution in [1.82, 2.24) is 4.90 Å². The van der Waals surface area contributed by atoms with Crippen LogP contribution in [0.3, 0.4) is 0 Å². The first kappa shape index (κ1) is 15.4. The van der Waals surface area contributed by atoms with E-state index < -0.39 is 0 Å². The van der Waals surface area contributed by atoms with Gasteiger partial charge in [-0.05, 0) is 32.0 Å². The Morgan fingerprint density at radius 1 is 1.50 bits per heavy atom. The van der Waals surface area contributed by atoms with Crippen LogP contribution in [0.2, 0.25) is 5.02 Å². The lowest BCUT2D eigenvalue weighted by atomic mass is 10.1. The van der Waals surface area contributed by atoms with Crippen LogP contribution < -0.4 is 5.73 Å². The molecule has 0 aromatic heterocycles. The van der Waals surface area contributed by atoms with Crippen molar-refractivity contribution in [3.63, 3.8) is 0 Å². The van der Waals surface area contributed by atoms with Gasteiger partial charge in [0.15, 0.2) is 0 Å². The molecule has 1 atom stereocenters. The highest BCUT2D eigenvalue weighted by atomic mass is 35.5. The minimum absolute atomic E-state index is 0.385. The van der Waals surface area contributed by atoms with Crippen molar-refractivity contribution >= 4 is 28.8 Å². The third-order valence-corrected chi connectivity index (χ3v) is 3.80. The Labute approximate surface area is 120 Å². The van der Waals surface area contributed by atoms with Gasteiger partial charge in [-0.25, -0.2) is 0 Å². The molecule has 0 spiro atoms.